The Hall–Kier alpha value is -0.570. The number of halogens is 1. The first-order chi connectivity index (χ1) is 8.48. The van der Waals surface area contributed by atoms with Gasteiger partial charge < -0.3 is 10.8 Å². The van der Waals surface area contributed by atoms with Gasteiger partial charge in [-0.15, -0.1) is 0 Å². The predicted molar refractivity (Wildman–Crippen MR) is 75.7 cm³/mol. The fourth-order valence-corrected chi connectivity index (χ4v) is 3.30. The molecule has 3 heteroatoms. The van der Waals surface area contributed by atoms with Gasteiger partial charge in [0.2, 0.25) is 0 Å². The van der Waals surface area contributed by atoms with Crippen LogP contribution in [0.4, 0.5) is 0 Å². The molecule has 1 saturated carbocycles. The molecule has 1 aromatic carbocycles. The van der Waals surface area contributed by atoms with Gasteiger partial charge in [0, 0.05) is 17.0 Å². The Morgan fingerprint density at radius 1 is 1.56 bits per heavy atom. The standard InChI is InChI=1S/C15H22ClNO/c1-10-5-6-15(8-10,9-17)14(18)12-4-3-11(2)13(16)7-12/h3-4,7,10,14,18H,5-6,8-9,17H2,1-2H3. The highest BCUT2D eigenvalue weighted by Crippen LogP contribution is 2.49. The molecule has 0 amide bonds. The lowest BCUT2D eigenvalue weighted by molar-refractivity contribution is 0.0308. The van der Waals surface area contributed by atoms with E-state index in [9.17, 15) is 5.11 Å². The van der Waals surface area contributed by atoms with Crippen LogP contribution in [0.15, 0.2) is 18.2 Å². The van der Waals surface area contributed by atoms with E-state index < -0.39 is 6.10 Å². The molecule has 0 radical (unpaired) electrons. The van der Waals surface area contributed by atoms with Crippen molar-refractivity contribution >= 4 is 11.6 Å². The van der Waals surface area contributed by atoms with Crippen LogP contribution in [0.3, 0.4) is 0 Å². The van der Waals surface area contributed by atoms with Crippen LogP contribution in [-0.2, 0) is 0 Å². The summed E-state index contributed by atoms with van der Waals surface area (Å²) in [5.74, 6) is 0.643. The molecule has 2 nitrogen and oxygen atoms in total. The fourth-order valence-electron chi connectivity index (χ4n) is 3.11. The van der Waals surface area contributed by atoms with E-state index in [1.807, 2.05) is 25.1 Å². The molecular formula is C15H22ClNO. The van der Waals surface area contributed by atoms with E-state index in [0.717, 1.165) is 30.4 Å². The zero-order valence-corrected chi connectivity index (χ0v) is 11.9. The molecule has 100 valence electrons. The van der Waals surface area contributed by atoms with Crippen LogP contribution < -0.4 is 5.73 Å². The molecule has 1 aliphatic carbocycles. The minimum atomic E-state index is -0.509. The predicted octanol–water partition coefficient (Wildman–Crippen LogP) is 3.45. The second-order valence-electron chi connectivity index (χ2n) is 5.83. The third-order valence-electron chi connectivity index (χ3n) is 4.39. The maximum atomic E-state index is 10.7. The molecule has 18 heavy (non-hydrogen) atoms. The lowest BCUT2D eigenvalue weighted by atomic mass is 9.76. The summed E-state index contributed by atoms with van der Waals surface area (Å²) in [5, 5.41) is 11.4. The molecule has 3 unspecified atom stereocenters. The van der Waals surface area contributed by atoms with Crippen molar-refractivity contribution in [3.8, 4) is 0 Å². The van der Waals surface area contributed by atoms with E-state index in [0.29, 0.717) is 17.5 Å². The van der Waals surface area contributed by atoms with Crippen LogP contribution in [0.1, 0.15) is 43.4 Å². The number of hydrogen-bond donors (Lipinski definition) is 2. The summed E-state index contributed by atoms with van der Waals surface area (Å²) in [6, 6.07) is 5.80. The molecule has 0 spiro atoms. The lowest BCUT2D eigenvalue weighted by Gasteiger charge is -2.33. The quantitative estimate of drug-likeness (QED) is 0.881. The summed E-state index contributed by atoms with van der Waals surface area (Å²) in [6.07, 6.45) is 2.63. The van der Waals surface area contributed by atoms with Crippen molar-refractivity contribution in [2.75, 3.05) is 6.54 Å². The monoisotopic (exact) mass is 267 g/mol. The maximum absolute atomic E-state index is 10.7. The third kappa shape index (κ3) is 2.42. The van der Waals surface area contributed by atoms with Crippen LogP contribution >= 0.6 is 11.6 Å². The average Bonchev–Trinajstić information content (AvgIpc) is 2.75. The minimum absolute atomic E-state index is 0.169. The molecule has 0 aliphatic heterocycles. The van der Waals surface area contributed by atoms with Crippen molar-refractivity contribution in [1.82, 2.24) is 0 Å². The first-order valence-corrected chi connectivity index (χ1v) is 7.00. The molecular weight excluding hydrogens is 246 g/mol. The summed E-state index contributed by atoms with van der Waals surface area (Å²) < 4.78 is 0. The number of aliphatic hydroxyl groups is 1. The van der Waals surface area contributed by atoms with E-state index in [-0.39, 0.29) is 5.41 Å². The Bertz CT molecular complexity index is 435. The normalized spacial score (nSPS) is 29.5. The molecule has 0 aromatic heterocycles. The second-order valence-corrected chi connectivity index (χ2v) is 6.23. The van der Waals surface area contributed by atoms with Gasteiger partial charge in [0.1, 0.15) is 0 Å². The SMILES string of the molecule is Cc1ccc(C(O)C2(CN)CCC(C)C2)cc1Cl. The van der Waals surface area contributed by atoms with Crippen LogP contribution in [0.25, 0.3) is 0 Å². The molecule has 1 fully saturated rings. The highest BCUT2D eigenvalue weighted by Gasteiger charge is 2.42. The van der Waals surface area contributed by atoms with Gasteiger partial charge in [-0.3, -0.25) is 0 Å². The molecule has 0 saturated heterocycles. The Balaban J connectivity index is 2.29. The molecule has 3 atom stereocenters. The van der Waals surface area contributed by atoms with Crippen molar-refractivity contribution in [1.29, 1.82) is 0 Å². The van der Waals surface area contributed by atoms with Gasteiger partial charge in [0.15, 0.2) is 0 Å². The number of aliphatic hydroxyl groups excluding tert-OH is 1. The summed E-state index contributed by atoms with van der Waals surface area (Å²) in [7, 11) is 0. The Morgan fingerprint density at radius 3 is 2.78 bits per heavy atom. The Morgan fingerprint density at radius 2 is 2.28 bits per heavy atom. The molecule has 1 aromatic rings. The number of rotatable bonds is 3. The summed E-state index contributed by atoms with van der Waals surface area (Å²) >= 11 is 6.14. The molecule has 1 aliphatic rings. The van der Waals surface area contributed by atoms with E-state index in [1.165, 1.54) is 0 Å². The zero-order valence-electron chi connectivity index (χ0n) is 11.1. The Kier molecular flexibility index (Phi) is 4.00. The summed E-state index contributed by atoms with van der Waals surface area (Å²) in [6.45, 7) is 4.73. The van der Waals surface area contributed by atoms with Crippen molar-refractivity contribution < 1.29 is 5.11 Å². The van der Waals surface area contributed by atoms with Crippen molar-refractivity contribution in [3.63, 3.8) is 0 Å². The minimum Gasteiger partial charge on any atom is -0.388 e. The van der Waals surface area contributed by atoms with Crippen LogP contribution in [0.5, 0.6) is 0 Å². The Labute approximate surface area is 114 Å². The second kappa shape index (κ2) is 5.20. The summed E-state index contributed by atoms with van der Waals surface area (Å²) in [5.41, 5.74) is 7.71. The fraction of sp³-hybridized carbons (Fsp3) is 0.600. The smallest absolute Gasteiger partial charge is 0.0858 e. The first-order valence-electron chi connectivity index (χ1n) is 6.63. The largest absolute Gasteiger partial charge is 0.388 e. The molecule has 0 heterocycles. The molecule has 0 bridgehead atoms. The van der Waals surface area contributed by atoms with Gasteiger partial charge in [-0.05, 0) is 42.9 Å². The maximum Gasteiger partial charge on any atom is 0.0858 e. The van der Waals surface area contributed by atoms with Gasteiger partial charge in [0.25, 0.3) is 0 Å². The average molecular weight is 268 g/mol. The van der Waals surface area contributed by atoms with Gasteiger partial charge >= 0.3 is 0 Å². The number of benzene rings is 1. The van der Waals surface area contributed by atoms with Gasteiger partial charge in [-0.1, -0.05) is 37.1 Å². The highest BCUT2D eigenvalue weighted by atomic mass is 35.5. The van der Waals surface area contributed by atoms with Crippen molar-refractivity contribution in [2.24, 2.45) is 17.1 Å². The molecule has 3 N–H and O–H groups in total. The number of hydrogen-bond acceptors (Lipinski definition) is 2. The zero-order chi connectivity index (χ0) is 13.3. The first kappa shape index (κ1) is 13.9. The third-order valence-corrected chi connectivity index (χ3v) is 4.80. The highest BCUT2D eigenvalue weighted by molar-refractivity contribution is 6.31. The van der Waals surface area contributed by atoms with E-state index in [4.69, 9.17) is 17.3 Å². The topological polar surface area (TPSA) is 46.2 Å². The molecule has 2 rings (SSSR count). The van der Waals surface area contributed by atoms with Crippen LogP contribution in [0.2, 0.25) is 5.02 Å². The van der Waals surface area contributed by atoms with Crippen molar-refractivity contribution in [3.05, 3.63) is 34.3 Å². The van der Waals surface area contributed by atoms with Crippen LogP contribution in [-0.4, -0.2) is 11.7 Å². The van der Waals surface area contributed by atoms with Gasteiger partial charge in [-0.2, -0.15) is 0 Å². The number of nitrogens with two attached hydrogens (primary N) is 1. The lowest BCUT2D eigenvalue weighted by Crippen LogP contribution is -2.34. The van der Waals surface area contributed by atoms with Gasteiger partial charge in [0.05, 0.1) is 6.10 Å². The van der Waals surface area contributed by atoms with Crippen molar-refractivity contribution in [2.45, 2.75) is 39.2 Å². The van der Waals surface area contributed by atoms with E-state index in [2.05, 4.69) is 6.92 Å². The van der Waals surface area contributed by atoms with Gasteiger partial charge in [-0.25, -0.2) is 0 Å². The number of aryl methyl sites for hydroxylation is 1. The van der Waals surface area contributed by atoms with E-state index in [1.54, 1.807) is 0 Å². The van der Waals surface area contributed by atoms with Crippen LogP contribution in [0, 0.1) is 18.3 Å². The summed E-state index contributed by atoms with van der Waals surface area (Å²) in [4.78, 5) is 0. The van der Waals surface area contributed by atoms with E-state index >= 15 is 0 Å².